The van der Waals surface area contributed by atoms with Gasteiger partial charge in [0.2, 0.25) is 0 Å². The van der Waals surface area contributed by atoms with E-state index in [0.717, 1.165) is 30.8 Å². The average molecular weight is 574 g/mol. The molecule has 4 rings (SSSR count). The molecule has 3 aromatic rings. The first-order chi connectivity index (χ1) is 20.3. The number of nitrogens with zero attached hydrogens (tertiary/aromatic N) is 3. The van der Waals surface area contributed by atoms with Gasteiger partial charge in [0.05, 0.1) is 17.4 Å². The van der Waals surface area contributed by atoms with E-state index < -0.39 is 0 Å². The normalized spacial score (nSPS) is 20.1. The number of carbonyl (C=O) groups excluding carboxylic acids is 2. The van der Waals surface area contributed by atoms with Gasteiger partial charge in [-0.1, -0.05) is 44.2 Å². The van der Waals surface area contributed by atoms with E-state index in [-0.39, 0.29) is 30.0 Å². The van der Waals surface area contributed by atoms with Crippen LogP contribution in [0, 0.1) is 5.92 Å². The number of rotatable bonds is 7. The van der Waals surface area contributed by atoms with Crippen LogP contribution >= 0.6 is 0 Å². The molecule has 3 atom stereocenters. The summed E-state index contributed by atoms with van der Waals surface area (Å²) in [5.74, 6) is 0.446. The summed E-state index contributed by atoms with van der Waals surface area (Å²) in [6.45, 7) is 9.17. The average Bonchev–Trinajstić information content (AvgIpc) is 3.01. The maximum atomic E-state index is 13.5. The van der Waals surface area contributed by atoms with Crippen LogP contribution in [0.1, 0.15) is 43.1 Å². The number of amides is 3. The molecule has 9 heteroatoms. The van der Waals surface area contributed by atoms with E-state index in [1.165, 1.54) is 5.56 Å². The Hall–Kier alpha value is -3.95. The smallest absolute Gasteiger partial charge is 0.319 e. The summed E-state index contributed by atoms with van der Waals surface area (Å²) in [5.41, 5.74) is 4.22. The number of hydrogen-bond acceptors (Lipinski definition) is 6. The summed E-state index contributed by atoms with van der Waals surface area (Å²) >= 11 is 0. The molecule has 0 spiro atoms. The van der Waals surface area contributed by atoms with E-state index >= 15 is 0 Å². The van der Waals surface area contributed by atoms with Crippen molar-refractivity contribution in [2.45, 2.75) is 45.9 Å². The molecule has 0 bridgehead atoms. The second-order valence-corrected chi connectivity index (χ2v) is 11.0. The van der Waals surface area contributed by atoms with Crippen molar-refractivity contribution in [3.05, 3.63) is 78.0 Å². The van der Waals surface area contributed by atoms with Crippen LogP contribution in [-0.2, 0) is 11.3 Å². The molecule has 0 unspecified atom stereocenters. The van der Waals surface area contributed by atoms with Gasteiger partial charge in [-0.3, -0.25) is 14.7 Å². The lowest BCUT2D eigenvalue weighted by molar-refractivity contribution is 0.00922. The van der Waals surface area contributed by atoms with Gasteiger partial charge < -0.3 is 25.0 Å². The summed E-state index contributed by atoms with van der Waals surface area (Å²) in [5, 5.41) is 5.65. The molecule has 1 aliphatic rings. The summed E-state index contributed by atoms with van der Waals surface area (Å²) in [6, 6.07) is 19.3. The van der Waals surface area contributed by atoms with E-state index in [1.54, 1.807) is 43.5 Å². The Morgan fingerprint density at radius 1 is 1.10 bits per heavy atom. The first kappa shape index (κ1) is 31.0. The first-order valence-corrected chi connectivity index (χ1v) is 14.6. The minimum absolute atomic E-state index is 0.0324. The Balaban J connectivity index is 1.58. The van der Waals surface area contributed by atoms with E-state index in [0.29, 0.717) is 36.7 Å². The highest BCUT2D eigenvalue weighted by Crippen LogP contribution is 2.27. The molecule has 0 radical (unpaired) electrons. The van der Waals surface area contributed by atoms with Gasteiger partial charge in [0.15, 0.2) is 0 Å². The molecule has 0 saturated heterocycles. The van der Waals surface area contributed by atoms with Crippen molar-refractivity contribution in [2.75, 3.05) is 45.7 Å². The van der Waals surface area contributed by atoms with Crippen molar-refractivity contribution in [3.8, 4) is 17.0 Å². The zero-order valence-corrected chi connectivity index (χ0v) is 25.3. The number of nitrogens with one attached hydrogen (secondary N) is 2. The van der Waals surface area contributed by atoms with Crippen molar-refractivity contribution in [1.29, 1.82) is 0 Å². The summed E-state index contributed by atoms with van der Waals surface area (Å²) < 4.78 is 12.2. The molecule has 2 heterocycles. The molecule has 224 valence electrons. The van der Waals surface area contributed by atoms with Gasteiger partial charge in [0, 0.05) is 69.9 Å². The third-order valence-corrected chi connectivity index (χ3v) is 7.67. The van der Waals surface area contributed by atoms with E-state index in [4.69, 9.17) is 9.47 Å². The molecule has 3 amide bonds. The van der Waals surface area contributed by atoms with Crippen LogP contribution in [0.5, 0.6) is 5.75 Å². The van der Waals surface area contributed by atoms with Gasteiger partial charge in [-0.15, -0.1) is 0 Å². The Morgan fingerprint density at radius 3 is 2.57 bits per heavy atom. The fourth-order valence-corrected chi connectivity index (χ4v) is 5.11. The second kappa shape index (κ2) is 14.8. The molecule has 0 saturated carbocycles. The number of carbonyl (C=O) groups is 2. The molecule has 1 aliphatic heterocycles. The van der Waals surface area contributed by atoms with Crippen LogP contribution in [0.4, 0.5) is 10.5 Å². The quantitative estimate of drug-likeness (QED) is 0.399. The van der Waals surface area contributed by atoms with Crippen molar-refractivity contribution in [1.82, 2.24) is 20.1 Å². The highest BCUT2D eigenvalue weighted by atomic mass is 16.5. The number of benzene rings is 2. The molecule has 9 nitrogen and oxygen atoms in total. The number of ether oxygens (including phenoxy) is 2. The fourth-order valence-electron chi connectivity index (χ4n) is 5.11. The van der Waals surface area contributed by atoms with Crippen LogP contribution in [0.15, 0.2) is 66.9 Å². The second-order valence-electron chi connectivity index (χ2n) is 11.0. The van der Waals surface area contributed by atoms with E-state index in [2.05, 4.69) is 58.6 Å². The lowest BCUT2D eigenvalue weighted by atomic mass is 10.0. The Kier molecular flexibility index (Phi) is 10.9. The van der Waals surface area contributed by atoms with Crippen LogP contribution in [0.3, 0.4) is 0 Å². The monoisotopic (exact) mass is 573 g/mol. The third kappa shape index (κ3) is 8.08. The van der Waals surface area contributed by atoms with Crippen LogP contribution in [0.2, 0.25) is 0 Å². The third-order valence-electron chi connectivity index (χ3n) is 7.67. The maximum absolute atomic E-state index is 13.5. The highest BCUT2D eigenvalue weighted by molar-refractivity contribution is 5.98. The number of pyridine rings is 1. The number of likely N-dealkylation sites (N-methyl/N-ethyl adjacent to an activating group) is 1. The Morgan fingerprint density at radius 2 is 1.88 bits per heavy atom. The number of anilines is 1. The number of fused-ring (bicyclic) bond motifs is 1. The zero-order chi connectivity index (χ0) is 30.1. The van der Waals surface area contributed by atoms with Crippen molar-refractivity contribution < 1.29 is 19.1 Å². The summed E-state index contributed by atoms with van der Waals surface area (Å²) in [6.07, 6.45) is 2.50. The van der Waals surface area contributed by atoms with Crippen LogP contribution in [0.25, 0.3) is 11.3 Å². The van der Waals surface area contributed by atoms with E-state index in [1.807, 2.05) is 25.1 Å². The molecule has 42 heavy (non-hydrogen) atoms. The zero-order valence-electron chi connectivity index (χ0n) is 25.3. The number of hydrogen-bond donors (Lipinski definition) is 2. The van der Waals surface area contributed by atoms with Crippen molar-refractivity contribution >= 4 is 17.6 Å². The number of methoxy groups -OCH3 is 1. The number of aromatic nitrogens is 1. The fraction of sp³-hybridized carbons (Fsp3) is 0.424. The first-order valence-electron chi connectivity index (χ1n) is 14.6. The predicted molar refractivity (Wildman–Crippen MR) is 166 cm³/mol. The molecule has 1 aromatic heterocycles. The van der Waals surface area contributed by atoms with Gasteiger partial charge in [-0.05, 0) is 49.1 Å². The van der Waals surface area contributed by atoms with Crippen molar-refractivity contribution in [2.24, 2.45) is 5.92 Å². The number of urea groups is 1. The Labute approximate surface area is 249 Å². The highest BCUT2D eigenvalue weighted by Gasteiger charge is 2.28. The van der Waals surface area contributed by atoms with Gasteiger partial charge in [-0.2, -0.15) is 0 Å². The Bertz CT molecular complexity index is 1320. The van der Waals surface area contributed by atoms with Gasteiger partial charge >= 0.3 is 6.03 Å². The molecule has 0 aliphatic carbocycles. The standard InChI is InChI=1S/C33H43N5O4/c1-6-16-35-33(40)36-27-14-15-28-30(18-27)42-22-24(3)38(19-23(2)31(41-5)21-37(4)32(28)39)20-25-10-12-26(13-11-25)29-9-7-8-17-34-29/h7-15,17-18,23-24,31H,6,16,19-22H2,1-5H3,(H2,35,36,40)/t23-,24-,31+/m1/s1. The van der Waals surface area contributed by atoms with E-state index in [9.17, 15) is 9.59 Å². The van der Waals surface area contributed by atoms with Gasteiger partial charge in [-0.25, -0.2) is 4.79 Å². The molecule has 2 N–H and O–H groups in total. The summed E-state index contributed by atoms with van der Waals surface area (Å²) in [7, 11) is 3.48. The molecular formula is C33H43N5O4. The van der Waals surface area contributed by atoms with Crippen LogP contribution < -0.4 is 15.4 Å². The molecule has 2 aromatic carbocycles. The predicted octanol–water partition coefficient (Wildman–Crippen LogP) is 5.29. The maximum Gasteiger partial charge on any atom is 0.319 e. The molecular weight excluding hydrogens is 530 g/mol. The topological polar surface area (TPSA) is 96.0 Å². The SMILES string of the molecule is CCCNC(=O)Nc1ccc2c(c1)OC[C@@H](C)N(Cc1ccc(-c3ccccn3)cc1)C[C@@H](C)[C@@H](OC)CN(C)C2=O. The lowest BCUT2D eigenvalue weighted by Crippen LogP contribution is -2.46. The lowest BCUT2D eigenvalue weighted by Gasteiger charge is -2.36. The summed E-state index contributed by atoms with van der Waals surface area (Å²) in [4.78, 5) is 34.3. The van der Waals surface area contributed by atoms with Crippen molar-refractivity contribution in [3.63, 3.8) is 0 Å². The van der Waals surface area contributed by atoms with Gasteiger partial charge in [0.1, 0.15) is 12.4 Å². The van der Waals surface area contributed by atoms with Gasteiger partial charge in [0.25, 0.3) is 5.91 Å². The largest absolute Gasteiger partial charge is 0.491 e. The molecule has 0 fully saturated rings. The van der Waals surface area contributed by atoms with Crippen LogP contribution in [-0.4, -0.2) is 79.3 Å². The minimum Gasteiger partial charge on any atom is -0.491 e. The minimum atomic E-state index is -0.293.